The Morgan fingerprint density at radius 2 is 2.06 bits per heavy atom. The Balaban J connectivity index is 1.83. The van der Waals surface area contributed by atoms with E-state index in [-0.39, 0.29) is 24.3 Å². The predicted octanol–water partition coefficient (Wildman–Crippen LogP) is 0.624. The molecule has 2 amide bonds. The van der Waals surface area contributed by atoms with E-state index in [1.807, 2.05) is 30.3 Å². The van der Waals surface area contributed by atoms with Crippen molar-refractivity contribution in [2.45, 2.75) is 25.3 Å². The molecule has 0 spiro atoms. The van der Waals surface area contributed by atoms with Crippen LogP contribution in [0.5, 0.6) is 0 Å². The molecule has 1 fully saturated rings. The largest absolute Gasteiger partial charge is 0.306 e. The Bertz CT molecular complexity index is 397. The Kier molecular flexibility index (Phi) is 3.88. The van der Waals surface area contributed by atoms with Crippen molar-refractivity contribution in [1.82, 2.24) is 10.6 Å². The predicted molar refractivity (Wildman–Crippen MR) is 64.3 cm³/mol. The molecule has 1 aliphatic rings. The minimum atomic E-state index is -0.241. The van der Waals surface area contributed by atoms with Gasteiger partial charge in [0.2, 0.25) is 11.8 Å². The molecule has 0 aromatic heterocycles. The third kappa shape index (κ3) is 3.39. The van der Waals surface area contributed by atoms with Crippen LogP contribution in [0.4, 0.5) is 0 Å². The fourth-order valence-corrected chi connectivity index (χ4v) is 1.96. The highest BCUT2D eigenvalue weighted by Gasteiger charge is 2.23. The van der Waals surface area contributed by atoms with E-state index in [9.17, 15) is 9.59 Å². The van der Waals surface area contributed by atoms with Crippen molar-refractivity contribution in [2.75, 3.05) is 6.54 Å². The van der Waals surface area contributed by atoms with Gasteiger partial charge in [-0.25, -0.2) is 0 Å². The topological polar surface area (TPSA) is 58.2 Å². The van der Waals surface area contributed by atoms with Crippen LogP contribution in [-0.4, -0.2) is 24.4 Å². The van der Waals surface area contributed by atoms with Crippen LogP contribution in [0.1, 0.15) is 18.4 Å². The maximum atomic E-state index is 11.7. The van der Waals surface area contributed by atoms with Crippen molar-refractivity contribution in [2.24, 2.45) is 0 Å². The van der Waals surface area contributed by atoms with Gasteiger partial charge < -0.3 is 5.32 Å². The summed E-state index contributed by atoms with van der Waals surface area (Å²) in [7, 11) is 0. The van der Waals surface area contributed by atoms with Crippen molar-refractivity contribution in [1.29, 1.82) is 0 Å². The van der Waals surface area contributed by atoms with Gasteiger partial charge in [0, 0.05) is 0 Å². The van der Waals surface area contributed by atoms with Crippen LogP contribution >= 0.6 is 0 Å². The van der Waals surface area contributed by atoms with Crippen molar-refractivity contribution in [3.05, 3.63) is 35.9 Å². The summed E-state index contributed by atoms with van der Waals surface area (Å²) < 4.78 is 0. The number of carbonyl (C=O) groups excluding carboxylic acids is 2. The molecule has 1 aromatic rings. The zero-order chi connectivity index (χ0) is 12.1. The van der Waals surface area contributed by atoms with Gasteiger partial charge in [0.1, 0.15) is 0 Å². The second-order valence-electron chi connectivity index (χ2n) is 4.22. The fraction of sp³-hybridized carbons (Fsp3) is 0.385. The lowest BCUT2D eigenvalue weighted by Gasteiger charge is -2.09. The van der Waals surface area contributed by atoms with Crippen molar-refractivity contribution in [3.63, 3.8) is 0 Å². The number of benzene rings is 1. The SMILES string of the molecule is O=C(Cc1ccccc1)NC(=O)C1CCCN1. The summed E-state index contributed by atoms with van der Waals surface area (Å²) in [6.07, 6.45) is 2.05. The maximum absolute atomic E-state index is 11.7. The monoisotopic (exact) mass is 232 g/mol. The minimum absolute atomic E-state index is 0.199. The van der Waals surface area contributed by atoms with Crippen LogP contribution in [0, 0.1) is 0 Å². The van der Waals surface area contributed by atoms with Gasteiger partial charge in [-0.3, -0.25) is 14.9 Å². The lowest BCUT2D eigenvalue weighted by Crippen LogP contribution is -2.43. The molecule has 90 valence electrons. The molecule has 0 bridgehead atoms. The second kappa shape index (κ2) is 5.59. The molecule has 17 heavy (non-hydrogen) atoms. The molecule has 1 atom stereocenters. The lowest BCUT2D eigenvalue weighted by molar-refractivity contribution is -0.131. The first-order valence-electron chi connectivity index (χ1n) is 5.87. The zero-order valence-electron chi connectivity index (χ0n) is 9.61. The van der Waals surface area contributed by atoms with Crippen LogP contribution in [-0.2, 0) is 16.0 Å². The molecule has 1 aromatic carbocycles. The third-order valence-corrected chi connectivity index (χ3v) is 2.85. The molecule has 0 aliphatic carbocycles. The van der Waals surface area contributed by atoms with Gasteiger partial charge in [0.05, 0.1) is 12.5 Å². The van der Waals surface area contributed by atoms with E-state index in [1.54, 1.807) is 0 Å². The smallest absolute Gasteiger partial charge is 0.243 e. The van der Waals surface area contributed by atoms with E-state index in [4.69, 9.17) is 0 Å². The van der Waals surface area contributed by atoms with Crippen molar-refractivity contribution in [3.8, 4) is 0 Å². The Labute approximate surface area is 100 Å². The zero-order valence-corrected chi connectivity index (χ0v) is 9.61. The average Bonchev–Trinajstić information content (AvgIpc) is 2.83. The molecule has 1 saturated heterocycles. The third-order valence-electron chi connectivity index (χ3n) is 2.85. The number of rotatable bonds is 3. The van der Waals surface area contributed by atoms with Gasteiger partial charge >= 0.3 is 0 Å². The van der Waals surface area contributed by atoms with E-state index in [0.717, 1.165) is 24.9 Å². The Morgan fingerprint density at radius 1 is 1.29 bits per heavy atom. The summed E-state index contributed by atoms with van der Waals surface area (Å²) in [5.74, 6) is -0.446. The van der Waals surface area contributed by atoms with Crippen LogP contribution in [0.25, 0.3) is 0 Å². The first kappa shape index (κ1) is 11.8. The molecule has 0 saturated carbocycles. The molecule has 4 heteroatoms. The molecule has 2 N–H and O–H groups in total. The number of carbonyl (C=O) groups is 2. The summed E-state index contributed by atoms with van der Waals surface area (Å²) in [5, 5.41) is 5.49. The minimum Gasteiger partial charge on any atom is -0.306 e. The lowest BCUT2D eigenvalue weighted by atomic mass is 10.1. The van der Waals surface area contributed by atoms with E-state index in [1.165, 1.54) is 0 Å². The molecular weight excluding hydrogens is 216 g/mol. The standard InChI is InChI=1S/C13H16N2O2/c16-12(9-10-5-2-1-3-6-10)15-13(17)11-7-4-8-14-11/h1-3,5-6,11,14H,4,7-9H2,(H,15,16,17). The number of hydrogen-bond donors (Lipinski definition) is 2. The number of hydrogen-bond acceptors (Lipinski definition) is 3. The maximum Gasteiger partial charge on any atom is 0.243 e. The Hall–Kier alpha value is -1.68. The van der Waals surface area contributed by atoms with Crippen molar-refractivity contribution >= 4 is 11.8 Å². The highest BCUT2D eigenvalue weighted by molar-refractivity contribution is 5.98. The summed E-state index contributed by atoms with van der Waals surface area (Å²) in [6.45, 7) is 0.852. The molecule has 2 rings (SSSR count). The molecule has 1 aliphatic heterocycles. The molecule has 4 nitrogen and oxygen atoms in total. The van der Waals surface area contributed by atoms with Crippen LogP contribution in [0.15, 0.2) is 30.3 Å². The number of amides is 2. The number of nitrogens with one attached hydrogen (secondary N) is 2. The summed E-state index contributed by atoms with van der Waals surface area (Å²) >= 11 is 0. The van der Waals surface area contributed by atoms with E-state index in [2.05, 4.69) is 10.6 Å². The highest BCUT2D eigenvalue weighted by Crippen LogP contribution is 2.05. The van der Waals surface area contributed by atoms with Gasteiger partial charge in [-0.05, 0) is 24.9 Å². The summed E-state index contributed by atoms with van der Waals surface area (Å²) in [5.41, 5.74) is 0.914. The van der Waals surface area contributed by atoms with E-state index < -0.39 is 0 Å². The second-order valence-corrected chi connectivity index (χ2v) is 4.22. The van der Waals surface area contributed by atoms with Crippen LogP contribution in [0.3, 0.4) is 0 Å². The molecule has 1 heterocycles. The van der Waals surface area contributed by atoms with E-state index >= 15 is 0 Å². The highest BCUT2D eigenvalue weighted by atomic mass is 16.2. The van der Waals surface area contributed by atoms with Crippen molar-refractivity contribution < 1.29 is 9.59 Å². The van der Waals surface area contributed by atoms with Crippen LogP contribution < -0.4 is 10.6 Å². The molecular formula is C13H16N2O2. The fourth-order valence-electron chi connectivity index (χ4n) is 1.96. The normalized spacial score (nSPS) is 18.9. The van der Waals surface area contributed by atoms with Crippen LogP contribution in [0.2, 0.25) is 0 Å². The first-order valence-corrected chi connectivity index (χ1v) is 5.87. The summed E-state index contributed by atoms with van der Waals surface area (Å²) in [4.78, 5) is 23.3. The first-order chi connectivity index (χ1) is 8.25. The quantitative estimate of drug-likeness (QED) is 0.803. The van der Waals surface area contributed by atoms with E-state index in [0.29, 0.717) is 0 Å². The van der Waals surface area contributed by atoms with Gasteiger partial charge in [-0.1, -0.05) is 30.3 Å². The van der Waals surface area contributed by atoms with Gasteiger partial charge in [-0.2, -0.15) is 0 Å². The van der Waals surface area contributed by atoms with Gasteiger partial charge in [0.15, 0.2) is 0 Å². The number of imide groups is 1. The summed E-state index contributed by atoms with van der Waals surface area (Å²) in [6, 6.07) is 9.20. The average molecular weight is 232 g/mol. The molecule has 0 radical (unpaired) electrons. The van der Waals surface area contributed by atoms with Gasteiger partial charge in [-0.15, -0.1) is 0 Å². The molecule has 1 unspecified atom stereocenters. The Morgan fingerprint density at radius 3 is 2.71 bits per heavy atom. The van der Waals surface area contributed by atoms with Gasteiger partial charge in [0.25, 0.3) is 0 Å².